The van der Waals surface area contributed by atoms with Gasteiger partial charge in [-0.15, -0.1) is 0 Å². The van der Waals surface area contributed by atoms with Crippen molar-refractivity contribution in [1.82, 2.24) is 4.90 Å². The molecule has 2 amide bonds. The maximum Gasteiger partial charge on any atom is 0.337 e. The van der Waals surface area contributed by atoms with Crippen molar-refractivity contribution in [2.45, 2.75) is 0 Å². The minimum absolute atomic E-state index is 0.0467. The van der Waals surface area contributed by atoms with E-state index in [0.29, 0.717) is 48.7 Å². The molecule has 7 nitrogen and oxygen atoms in total. The van der Waals surface area contributed by atoms with E-state index in [-0.39, 0.29) is 11.8 Å². The van der Waals surface area contributed by atoms with Crippen molar-refractivity contribution in [2.24, 2.45) is 0 Å². The second kappa shape index (κ2) is 8.46. The van der Waals surface area contributed by atoms with Gasteiger partial charge in [0.1, 0.15) is 0 Å². The number of hydrogen-bond acceptors (Lipinski definition) is 5. The Kier molecular flexibility index (Phi) is 5.83. The van der Waals surface area contributed by atoms with Crippen LogP contribution in [-0.4, -0.2) is 56.1 Å². The van der Waals surface area contributed by atoms with Crippen molar-refractivity contribution in [3.63, 3.8) is 0 Å². The molecule has 2 aromatic carbocycles. The van der Waals surface area contributed by atoms with E-state index >= 15 is 0 Å². The highest BCUT2D eigenvalue weighted by atomic mass is 16.5. The lowest BCUT2D eigenvalue weighted by Gasteiger charge is -2.26. The summed E-state index contributed by atoms with van der Waals surface area (Å²) in [5, 5.41) is 2.77. The summed E-state index contributed by atoms with van der Waals surface area (Å²) in [6, 6.07) is 12.9. The van der Waals surface area contributed by atoms with Crippen LogP contribution in [0, 0.1) is 0 Å². The first kappa shape index (κ1) is 18.6. The number of methoxy groups -OCH3 is 1. The molecule has 0 saturated carbocycles. The zero-order valence-electron chi connectivity index (χ0n) is 14.9. The first-order valence-corrected chi connectivity index (χ1v) is 8.55. The van der Waals surface area contributed by atoms with Gasteiger partial charge >= 0.3 is 5.97 Å². The molecule has 1 aliphatic heterocycles. The van der Waals surface area contributed by atoms with Crippen molar-refractivity contribution in [3.05, 3.63) is 65.2 Å². The molecule has 27 heavy (non-hydrogen) atoms. The average Bonchev–Trinajstić information content (AvgIpc) is 2.74. The Balaban J connectivity index is 1.62. The van der Waals surface area contributed by atoms with Crippen LogP contribution in [0.2, 0.25) is 0 Å². The summed E-state index contributed by atoms with van der Waals surface area (Å²) in [7, 11) is 1.30. The number of carbonyl (C=O) groups excluding carboxylic acids is 3. The lowest BCUT2D eigenvalue weighted by Crippen LogP contribution is -2.40. The maximum atomic E-state index is 12.4. The Morgan fingerprint density at radius 3 is 2.04 bits per heavy atom. The van der Waals surface area contributed by atoms with Crippen molar-refractivity contribution < 1.29 is 23.9 Å². The fourth-order valence-electron chi connectivity index (χ4n) is 2.72. The van der Waals surface area contributed by atoms with Gasteiger partial charge in [0.2, 0.25) is 0 Å². The molecule has 1 aliphatic rings. The molecule has 7 heteroatoms. The lowest BCUT2D eigenvalue weighted by atomic mass is 10.1. The second-order valence-electron chi connectivity index (χ2n) is 6.00. The molecule has 0 radical (unpaired) electrons. The van der Waals surface area contributed by atoms with Gasteiger partial charge in [0.25, 0.3) is 11.8 Å². The van der Waals surface area contributed by atoms with Crippen LogP contribution in [0.1, 0.15) is 31.1 Å². The van der Waals surface area contributed by atoms with E-state index in [4.69, 9.17) is 4.74 Å². The number of nitrogens with zero attached hydrogens (tertiary/aromatic N) is 1. The Morgan fingerprint density at radius 1 is 0.889 bits per heavy atom. The predicted octanol–water partition coefficient (Wildman–Crippen LogP) is 2.20. The van der Waals surface area contributed by atoms with Crippen molar-refractivity contribution in [3.8, 4) is 0 Å². The Morgan fingerprint density at radius 2 is 1.44 bits per heavy atom. The van der Waals surface area contributed by atoms with Crippen LogP contribution in [0.4, 0.5) is 5.69 Å². The quantitative estimate of drug-likeness (QED) is 0.837. The van der Waals surface area contributed by atoms with Gasteiger partial charge in [-0.3, -0.25) is 9.59 Å². The summed E-state index contributed by atoms with van der Waals surface area (Å²) in [4.78, 5) is 37.9. The fourth-order valence-corrected chi connectivity index (χ4v) is 2.72. The summed E-state index contributed by atoms with van der Waals surface area (Å²) in [5.41, 5.74) is 1.93. The predicted molar refractivity (Wildman–Crippen MR) is 98.9 cm³/mol. The van der Waals surface area contributed by atoms with Crippen LogP contribution in [0.15, 0.2) is 48.5 Å². The third-order valence-electron chi connectivity index (χ3n) is 4.26. The molecule has 0 aliphatic carbocycles. The summed E-state index contributed by atoms with van der Waals surface area (Å²) in [5.74, 6) is -0.810. The summed E-state index contributed by atoms with van der Waals surface area (Å²) in [6.45, 7) is 2.26. The highest BCUT2D eigenvalue weighted by Crippen LogP contribution is 2.14. The number of hydrogen-bond donors (Lipinski definition) is 1. The second-order valence-corrected chi connectivity index (χ2v) is 6.00. The van der Waals surface area contributed by atoms with Gasteiger partial charge in [0.15, 0.2) is 0 Å². The van der Waals surface area contributed by atoms with Gasteiger partial charge in [-0.1, -0.05) is 0 Å². The molecule has 0 unspecified atom stereocenters. The number of rotatable bonds is 4. The molecule has 0 aromatic heterocycles. The zero-order valence-corrected chi connectivity index (χ0v) is 14.9. The van der Waals surface area contributed by atoms with Gasteiger partial charge in [0.05, 0.1) is 25.9 Å². The van der Waals surface area contributed by atoms with Crippen LogP contribution in [0.3, 0.4) is 0 Å². The number of benzene rings is 2. The smallest absolute Gasteiger partial charge is 0.337 e. The Labute approximate surface area is 156 Å². The highest BCUT2D eigenvalue weighted by Gasteiger charge is 2.18. The number of ether oxygens (including phenoxy) is 2. The number of anilines is 1. The Hall–Kier alpha value is -3.19. The SMILES string of the molecule is COC(=O)c1ccc(C(=O)Nc2ccc(C(=O)N3CCOCC3)cc2)cc1. The van der Waals surface area contributed by atoms with E-state index in [1.807, 2.05) is 0 Å². The molecule has 140 valence electrons. The summed E-state index contributed by atoms with van der Waals surface area (Å²) in [6.07, 6.45) is 0. The van der Waals surface area contributed by atoms with Crippen LogP contribution in [-0.2, 0) is 9.47 Å². The molecule has 1 saturated heterocycles. The minimum atomic E-state index is -0.456. The summed E-state index contributed by atoms with van der Waals surface area (Å²) >= 11 is 0. The first-order valence-electron chi connectivity index (χ1n) is 8.55. The number of morpholine rings is 1. The number of carbonyl (C=O) groups is 3. The first-order chi connectivity index (χ1) is 13.1. The molecule has 1 N–H and O–H groups in total. The van der Waals surface area contributed by atoms with Crippen LogP contribution in [0.5, 0.6) is 0 Å². The van der Waals surface area contributed by atoms with Gasteiger partial charge in [0, 0.05) is 29.9 Å². The van der Waals surface area contributed by atoms with Crippen molar-refractivity contribution in [2.75, 3.05) is 38.7 Å². The average molecular weight is 368 g/mol. The van der Waals surface area contributed by atoms with Crippen LogP contribution >= 0.6 is 0 Å². The monoisotopic (exact) mass is 368 g/mol. The van der Waals surface area contributed by atoms with E-state index < -0.39 is 5.97 Å². The van der Waals surface area contributed by atoms with Gasteiger partial charge in [-0.05, 0) is 48.5 Å². The number of nitrogens with one attached hydrogen (secondary N) is 1. The van der Waals surface area contributed by atoms with Gasteiger partial charge < -0.3 is 19.7 Å². The molecule has 0 bridgehead atoms. The zero-order chi connectivity index (χ0) is 19.2. The molecule has 1 fully saturated rings. The molecular formula is C20H20N2O5. The normalized spacial score (nSPS) is 13.7. The molecule has 1 heterocycles. The third-order valence-corrected chi connectivity index (χ3v) is 4.26. The van der Waals surface area contributed by atoms with Crippen LogP contribution in [0.25, 0.3) is 0 Å². The Bertz CT molecular complexity index is 824. The molecule has 0 atom stereocenters. The maximum absolute atomic E-state index is 12.4. The van der Waals surface area contributed by atoms with Crippen molar-refractivity contribution >= 4 is 23.5 Å². The standard InChI is InChI=1S/C20H20N2O5/c1-26-20(25)16-4-2-14(3-5-16)18(23)21-17-8-6-15(7-9-17)19(24)22-10-12-27-13-11-22/h2-9H,10-13H2,1H3,(H,21,23). The van der Waals surface area contributed by atoms with Gasteiger partial charge in [-0.25, -0.2) is 4.79 Å². The number of esters is 1. The molecule has 0 spiro atoms. The van der Waals surface area contributed by atoms with Crippen molar-refractivity contribution in [1.29, 1.82) is 0 Å². The fraction of sp³-hybridized carbons (Fsp3) is 0.250. The largest absolute Gasteiger partial charge is 0.465 e. The van der Waals surface area contributed by atoms with E-state index in [9.17, 15) is 14.4 Å². The molecular weight excluding hydrogens is 348 g/mol. The third kappa shape index (κ3) is 4.51. The van der Waals surface area contributed by atoms with E-state index in [1.54, 1.807) is 41.3 Å². The topological polar surface area (TPSA) is 84.9 Å². The van der Waals surface area contributed by atoms with Crippen LogP contribution < -0.4 is 5.32 Å². The lowest BCUT2D eigenvalue weighted by molar-refractivity contribution is 0.0303. The summed E-state index contributed by atoms with van der Waals surface area (Å²) < 4.78 is 9.88. The van der Waals surface area contributed by atoms with Gasteiger partial charge in [-0.2, -0.15) is 0 Å². The van der Waals surface area contributed by atoms with E-state index in [0.717, 1.165) is 0 Å². The van der Waals surface area contributed by atoms with E-state index in [2.05, 4.69) is 10.1 Å². The van der Waals surface area contributed by atoms with E-state index in [1.165, 1.54) is 19.2 Å². The molecule has 2 aromatic rings. The highest BCUT2D eigenvalue weighted by molar-refractivity contribution is 6.05. The minimum Gasteiger partial charge on any atom is -0.465 e. The molecule has 3 rings (SSSR count). The number of amides is 2.